The molecule has 2 amide bonds. The van der Waals surface area contributed by atoms with E-state index in [1.807, 2.05) is 59.5 Å². The van der Waals surface area contributed by atoms with Crippen molar-refractivity contribution in [3.63, 3.8) is 0 Å². The Morgan fingerprint density at radius 3 is 2.65 bits per heavy atom. The molecule has 1 atom stereocenters. The number of aliphatic imine (C=N–C) groups is 1. The Kier molecular flexibility index (Phi) is 4.12. The highest BCUT2D eigenvalue weighted by atomic mass is 16.3. The van der Waals surface area contributed by atoms with E-state index in [0.29, 0.717) is 11.6 Å². The zero-order chi connectivity index (χ0) is 17.9. The second-order valence-corrected chi connectivity index (χ2v) is 5.77. The number of nitrogens with one attached hydrogen (secondary N) is 2. The lowest BCUT2D eigenvalue weighted by molar-refractivity contribution is 0.262. The van der Waals surface area contributed by atoms with E-state index in [0.717, 1.165) is 16.9 Å². The molecule has 130 valence electrons. The number of nitrogens with zero attached hydrogens (tertiary/aromatic N) is 2. The topological polar surface area (TPSA) is 95.9 Å². The van der Waals surface area contributed by atoms with Crippen LogP contribution in [-0.4, -0.2) is 12.4 Å². The summed E-state index contributed by atoms with van der Waals surface area (Å²) in [4.78, 5) is 18.2. The van der Waals surface area contributed by atoms with Crippen molar-refractivity contribution in [2.45, 2.75) is 6.17 Å². The number of amides is 2. The molecule has 1 aliphatic rings. The minimum atomic E-state index is -0.408. The van der Waals surface area contributed by atoms with Crippen LogP contribution in [0.25, 0.3) is 0 Å². The number of carbonyl (C=O) groups excluding carboxylic acids is 1. The van der Waals surface area contributed by atoms with Crippen LogP contribution < -0.4 is 21.3 Å². The highest BCUT2D eigenvalue weighted by Gasteiger charge is 2.24. The number of urea groups is 1. The van der Waals surface area contributed by atoms with Crippen LogP contribution in [0.4, 0.5) is 27.7 Å². The standard InChI is InChI=1S/C19H17N5O2/c20-17-16-9-10-26-18(16)21-12-24(17)15-8-4-7-14(11-15)23-19(25)22-13-5-2-1-3-6-13/h1-12,17H,20H2,(H2,22,23,25). The summed E-state index contributed by atoms with van der Waals surface area (Å²) in [5.41, 5.74) is 9.29. The lowest BCUT2D eigenvalue weighted by atomic mass is 10.2. The summed E-state index contributed by atoms with van der Waals surface area (Å²) < 4.78 is 5.27. The lowest BCUT2D eigenvalue weighted by Gasteiger charge is -2.29. The summed E-state index contributed by atoms with van der Waals surface area (Å²) >= 11 is 0. The van der Waals surface area contributed by atoms with Gasteiger partial charge in [-0.1, -0.05) is 24.3 Å². The van der Waals surface area contributed by atoms with Gasteiger partial charge in [0.1, 0.15) is 12.5 Å². The van der Waals surface area contributed by atoms with E-state index in [4.69, 9.17) is 10.2 Å². The summed E-state index contributed by atoms with van der Waals surface area (Å²) in [6.07, 6.45) is 2.78. The van der Waals surface area contributed by atoms with E-state index < -0.39 is 6.17 Å². The second kappa shape index (κ2) is 6.73. The second-order valence-electron chi connectivity index (χ2n) is 5.77. The molecule has 1 aliphatic heterocycles. The predicted octanol–water partition coefficient (Wildman–Crippen LogP) is 4.06. The molecular weight excluding hydrogens is 330 g/mol. The number of fused-ring (bicyclic) bond motifs is 1. The maximum Gasteiger partial charge on any atom is 0.323 e. The molecule has 0 spiro atoms. The summed E-state index contributed by atoms with van der Waals surface area (Å²) in [5.74, 6) is 0.519. The molecule has 1 aromatic heterocycles. The number of anilines is 3. The quantitative estimate of drug-likeness (QED) is 0.666. The molecule has 0 bridgehead atoms. The summed E-state index contributed by atoms with van der Waals surface area (Å²) in [7, 11) is 0. The van der Waals surface area contributed by atoms with Crippen molar-refractivity contribution in [3.05, 3.63) is 72.5 Å². The first-order chi connectivity index (χ1) is 12.7. The van der Waals surface area contributed by atoms with Crippen molar-refractivity contribution in [1.82, 2.24) is 0 Å². The smallest absolute Gasteiger partial charge is 0.323 e. The number of benzene rings is 2. The fourth-order valence-electron chi connectivity index (χ4n) is 2.76. The maximum absolute atomic E-state index is 12.2. The summed E-state index contributed by atoms with van der Waals surface area (Å²) in [5, 5.41) is 5.60. The van der Waals surface area contributed by atoms with Gasteiger partial charge in [0.15, 0.2) is 0 Å². The minimum Gasteiger partial charge on any atom is -0.446 e. The highest BCUT2D eigenvalue weighted by molar-refractivity contribution is 6.00. The first-order valence-corrected chi connectivity index (χ1v) is 8.09. The van der Waals surface area contributed by atoms with E-state index in [-0.39, 0.29) is 6.03 Å². The lowest BCUT2D eigenvalue weighted by Crippen LogP contribution is -2.35. The van der Waals surface area contributed by atoms with Crippen molar-refractivity contribution in [2.75, 3.05) is 15.5 Å². The van der Waals surface area contributed by atoms with Crippen LogP contribution in [0.3, 0.4) is 0 Å². The van der Waals surface area contributed by atoms with E-state index >= 15 is 0 Å². The maximum atomic E-state index is 12.2. The van der Waals surface area contributed by atoms with Gasteiger partial charge >= 0.3 is 6.03 Å². The van der Waals surface area contributed by atoms with Gasteiger partial charge in [-0.2, -0.15) is 0 Å². The molecule has 7 nitrogen and oxygen atoms in total. The molecule has 3 aromatic rings. The van der Waals surface area contributed by atoms with E-state index in [2.05, 4.69) is 15.6 Å². The molecule has 7 heteroatoms. The molecule has 0 radical (unpaired) electrons. The average molecular weight is 347 g/mol. The first-order valence-electron chi connectivity index (χ1n) is 8.09. The third-order valence-electron chi connectivity index (χ3n) is 4.03. The first kappa shape index (κ1) is 15.9. The van der Waals surface area contributed by atoms with Gasteiger partial charge in [0.05, 0.1) is 11.8 Å². The zero-order valence-corrected chi connectivity index (χ0v) is 13.8. The third-order valence-corrected chi connectivity index (χ3v) is 4.03. The Hall–Kier alpha value is -3.58. The summed E-state index contributed by atoms with van der Waals surface area (Å²) in [6, 6.07) is 18.1. The summed E-state index contributed by atoms with van der Waals surface area (Å²) in [6.45, 7) is 0. The normalized spacial score (nSPS) is 15.4. The van der Waals surface area contributed by atoms with Crippen LogP contribution in [0.5, 0.6) is 0 Å². The third kappa shape index (κ3) is 3.15. The molecule has 0 aliphatic carbocycles. The number of nitrogens with two attached hydrogens (primary N) is 1. The molecule has 26 heavy (non-hydrogen) atoms. The monoisotopic (exact) mass is 347 g/mol. The molecule has 1 unspecified atom stereocenters. The highest BCUT2D eigenvalue weighted by Crippen LogP contribution is 2.34. The number of para-hydroxylation sites is 1. The number of hydrogen-bond acceptors (Lipinski definition) is 5. The van der Waals surface area contributed by atoms with Crippen LogP contribution in [0.1, 0.15) is 11.7 Å². The molecule has 2 aromatic carbocycles. The average Bonchev–Trinajstić information content (AvgIpc) is 3.13. The van der Waals surface area contributed by atoms with Crippen LogP contribution in [0, 0.1) is 0 Å². The number of hydrogen-bond donors (Lipinski definition) is 3. The van der Waals surface area contributed by atoms with Crippen molar-refractivity contribution in [3.8, 4) is 0 Å². The van der Waals surface area contributed by atoms with Crippen LogP contribution >= 0.6 is 0 Å². The molecule has 0 saturated carbocycles. The van der Waals surface area contributed by atoms with E-state index in [1.165, 1.54) is 0 Å². The number of furan rings is 1. The predicted molar refractivity (Wildman–Crippen MR) is 102 cm³/mol. The molecule has 0 fully saturated rings. The zero-order valence-electron chi connectivity index (χ0n) is 13.8. The van der Waals surface area contributed by atoms with Crippen molar-refractivity contribution in [1.29, 1.82) is 0 Å². The van der Waals surface area contributed by atoms with Crippen LogP contribution in [0.2, 0.25) is 0 Å². The largest absolute Gasteiger partial charge is 0.446 e. The van der Waals surface area contributed by atoms with Gasteiger partial charge in [-0.25, -0.2) is 9.79 Å². The van der Waals surface area contributed by atoms with Crippen LogP contribution in [-0.2, 0) is 0 Å². The SMILES string of the molecule is NC1c2ccoc2N=CN1c1cccc(NC(=O)Nc2ccccc2)c1. The van der Waals surface area contributed by atoms with E-state index in [1.54, 1.807) is 18.7 Å². The van der Waals surface area contributed by atoms with Gasteiger partial charge in [0, 0.05) is 17.1 Å². The molecule has 4 N–H and O–H groups in total. The van der Waals surface area contributed by atoms with E-state index in [9.17, 15) is 4.79 Å². The fraction of sp³-hybridized carbons (Fsp3) is 0.0526. The Morgan fingerprint density at radius 1 is 1.04 bits per heavy atom. The Bertz CT molecular complexity index is 951. The molecular formula is C19H17N5O2. The number of rotatable bonds is 3. The molecule has 4 rings (SSSR count). The van der Waals surface area contributed by atoms with Gasteiger partial charge in [-0.15, -0.1) is 0 Å². The van der Waals surface area contributed by atoms with Gasteiger partial charge in [-0.3, -0.25) is 0 Å². The van der Waals surface area contributed by atoms with Gasteiger partial charge in [0.25, 0.3) is 0 Å². The van der Waals surface area contributed by atoms with Crippen LogP contribution in [0.15, 0.2) is 76.3 Å². The Balaban J connectivity index is 1.49. The minimum absolute atomic E-state index is 0.318. The van der Waals surface area contributed by atoms with Crippen molar-refractivity contribution >= 4 is 35.3 Å². The Labute approximate surface area is 150 Å². The van der Waals surface area contributed by atoms with Gasteiger partial charge < -0.3 is 25.7 Å². The van der Waals surface area contributed by atoms with Gasteiger partial charge in [-0.05, 0) is 36.4 Å². The number of carbonyl (C=O) groups is 1. The Morgan fingerprint density at radius 2 is 1.81 bits per heavy atom. The molecule has 0 saturated heterocycles. The van der Waals surface area contributed by atoms with Crippen molar-refractivity contribution < 1.29 is 9.21 Å². The van der Waals surface area contributed by atoms with Gasteiger partial charge in [0.2, 0.25) is 5.88 Å². The van der Waals surface area contributed by atoms with Crippen molar-refractivity contribution in [2.24, 2.45) is 10.7 Å². The molecule has 2 heterocycles. The fourth-order valence-corrected chi connectivity index (χ4v) is 2.76.